The molecule has 2 rings (SSSR count). The topological polar surface area (TPSA) is 47.3 Å². The Kier molecular flexibility index (Phi) is 4.32. The predicted octanol–water partition coefficient (Wildman–Crippen LogP) is 3.96. The number of anilines is 2. The Morgan fingerprint density at radius 1 is 0.952 bits per heavy atom. The van der Waals surface area contributed by atoms with E-state index in [1.807, 2.05) is 0 Å². The molecule has 0 saturated heterocycles. The Morgan fingerprint density at radius 2 is 1.43 bits per heavy atom. The summed E-state index contributed by atoms with van der Waals surface area (Å²) in [5, 5.41) is 3.04. The molecular formula is C14H11F3N2OS. The molecule has 0 heterocycles. The van der Waals surface area contributed by atoms with E-state index in [-0.39, 0.29) is 5.75 Å². The van der Waals surface area contributed by atoms with Crippen molar-refractivity contribution < 1.29 is 17.9 Å². The van der Waals surface area contributed by atoms with Crippen LogP contribution in [-0.2, 0) is 0 Å². The number of nitrogens with one attached hydrogen (secondary N) is 1. The zero-order valence-electron chi connectivity index (χ0n) is 10.6. The van der Waals surface area contributed by atoms with Crippen molar-refractivity contribution in [1.29, 1.82) is 0 Å². The van der Waals surface area contributed by atoms with E-state index in [9.17, 15) is 13.2 Å². The lowest BCUT2D eigenvalue weighted by Gasteiger charge is -2.10. The number of benzene rings is 2. The number of hydrogen-bond acceptors (Lipinski definition) is 3. The SMILES string of the molecule is NC(=S)c1ccc(Nc2ccc(OC(F)(F)F)cc2)cc1. The zero-order chi connectivity index (χ0) is 15.5. The van der Waals surface area contributed by atoms with Gasteiger partial charge >= 0.3 is 6.36 Å². The highest BCUT2D eigenvalue weighted by Gasteiger charge is 2.30. The minimum absolute atomic E-state index is 0.267. The number of halogens is 3. The fourth-order valence-electron chi connectivity index (χ4n) is 1.62. The molecule has 110 valence electrons. The summed E-state index contributed by atoms with van der Waals surface area (Å²) >= 11 is 4.84. The van der Waals surface area contributed by atoms with E-state index < -0.39 is 6.36 Å². The maximum absolute atomic E-state index is 12.0. The lowest BCUT2D eigenvalue weighted by atomic mass is 10.2. The first-order valence-electron chi connectivity index (χ1n) is 5.86. The lowest BCUT2D eigenvalue weighted by molar-refractivity contribution is -0.274. The Balaban J connectivity index is 2.04. The van der Waals surface area contributed by atoms with Crippen LogP contribution in [0.1, 0.15) is 5.56 Å². The minimum Gasteiger partial charge on any atom is -0.406 e. The molecule has 2 aromatic carbocycles. The van der Waals surface area contributed by atoms with E-state index in [4.69, 9.17) is 18.0 Å². The first-order chi connectivity index (χ1) is 9.83. The van der Waals surface area contributed by atoms with Crippen molar-refractivity contribution in [3.8, 4) is 5.75 Å². The van der Waals surface area contributed by atoms with Crippen LogP contribution >= 0.6 is 12.2 Å². The second kappa shape index (κ2) is 6.01. The molecule has 0 aromatic heterocycles. The number of hydrogen-bond donors (Lipinski definition) is 2. The number of alkyl halides is 3. The molecule has 0 unspecified atom stereocenters. The number of thiocarbonyl (C=S) groups is 1. The first-order valence-corrected chi connectivity index (χ1v) is 6.27. The second-order valence-electron chi connectivity index (χ2n) is 4.14. The Morgan fingerprint density at radius 3 is 1.86 bits per heavy atom. The summed E-state index contributed by atoms with van der Waals surface area (Å²) in [6.07, 6.45) is -4.69. The quantitative estimate of drug-likeness (QED) is 0.839. The molecule has 0 amide bonds. The third-order valence-electron chi connectivity index (χ3n) is 2.55. The molecule has 7 heteroatoms. The van der Waals surface area contributed by atoms with Crippen LogP contribution in [0.5, 0.6) is 5.75 Å². The van der Waals surface area contributed by atoms with Gasteiger partial charge in [-0.15, -0.1) is 13.2 Å². The minimum atomic E-state index is -4.69. The van der Waals surface area contributed by atoms with Gasteiger partial charge in [-0.3, -0.25) is 0 Å². The van der Waals surface area contributed by atoms with Crippen LogP contribution in [0.25, 0.3) is 0 Å². The molecule has 3 nitrogen and oxygen atoms in total. The maximum atomic E-state index is 12.0. The highest BCUT2D eigenvalue weighted by Crippen LogP contribution is 2.25. The van der Waals surface area contributed by atoms with Gasteiger partial charge in [0.2, 0.25) is 0 Å². The average molecular weight is 312 g/mol. The van der Waals surface area contributed by atoms with Gasteiger partial charge in [0.1, 0.15) is 10.7 Å². The van der Waals surface area contributed by atoms with Crippen molar-refractivity contribution in [3.05, 3.63) is 54.1 Å². The van der Waals surface area contributed by atoms with E-state index in [0.29, 0.717) is 10.7 Å². The van der Waals surface area contributed by atoms with Gasteiger partial charge < -0.3 is 15.8 Å². The van der Waals surface area contributed by atoms with Gasteiger partial charge in [0.15, 0.2) is 0 Å². The third-order valence-corrected chi connectivity index (χ3v) is 2.78. The number of nitrogens with two attached hydrogens (primary N) is 1. The largest absolute Gasteiger partial charge is 0.573 e. The van der Waals surface area contributed by atoms with Crippen molar-refractivity contribution in [2.24, 2.45) is 5.73 Å². The van der Waals surface area contributed by atoms with Crippen molar-refractivity contribution in [2.45, 2.75) is 6.36 Å². The van der Waals surface area contributed by atoms with Crippen LogP contribution in [0.15, 0.2) is 48.5 Å². The van der Waals surface area contributed by atoms with E-state index in [0.717, 1.165) is 11.3 Å². The van der Waals surface area contributed by atoms with Crippen molar-refractivity contribution in [1.82, 2.24) is 0 Å². The molecule has 0 aliphatic carbocycles. The Labute approximate surface area is 124 Å². The summed E-state index contributed by atoms with van der Waals surface area (Å²) < 4.78 is 39.9. The summed E-state index contributed by atoms with van der Waals surface area (Å²) in [4.78, 5) is 0.301. The van der Waals surface area contributed by atoms with Crippen LogP contribution in [0.2, 0.25) is 0 Å². The van der Waals surface area contributed by atoms with Gasteiger partial charge in [-0.05, 0) is 48.5 Å². The first kappa shape index (κ1) is 15.1. The summed E-state index contributed by atoms with van der Waals surface area (Å²) in [6, 6.07) is 12.5. The Bertz CT molecular complexity index is 624. The molecule has 0 fully saturated rings. The van der Waals surface area contributed by atoms with Crippen molar-refractivity contribution in [2.75, 3.05) is 5.32 Å². The van der Waals surface area contributed by atoms with E-state index >= 15 is 0 Å². The molecule has 0 radical (unpaired) electrons. The van der Waals surface area contributed by atoms with Gasteiger partial charge in [0.05, 0.1) is 0 Å². The fraction of sp³-hybridized carbons (Fsp3) is 0.0714. The van der Waals surface area contributed by atoms with Crippen LogP contribution in [0, 0.1) is 0 Å². The van der Waals surface area contributed by atoms with Crippen LogP contribution in [0.4, 0.5) is 24.5 Å². The van der Waals surface area contributed by atoms with Gasteiger partial charge in [-0.1, -0.05) is 12.2 Å². The highest BCUT2D eigenvalue weighted by molar-refractivity contribution is 7.80. The molecular weight excluding hydrogens is 301 g/mol. The Hall–Kier alpha value is -2.28. The third kappa shape index (κ3) is 4.64. The normalized spacial score (nSPS) is 11.0. The van der Waals surface area contributed by atoms with Crippen molar-refractivity contribution >= 4 is 28.6 Å². The fourth-order valence-corrected chi connectivity index (χ4v) is 1.76. The smallest absolute Gasteiger partial charge is 0.406 e. The lowest BCUT2D eigenvalue weighted by Crippen LogP contribution is -2.16. The maximum Gasteiger partial charge on any atom is 0.573 e. The summed E-state index contributed by atoms with van der Waals surface area (Å²) in [7, 11) is 0. The summed E-state index contributed by atoms with van der Waals surface area (Å²) in [5.41, 5.74) is 7.62. The molecule has 0 bridgehead atoms. The monoisotopic (exact) mass is 312 g/mol. The van der Waals surface area contributed by atoms with Crippen molar-refractivity contribution in [3.63, 3.8) is 0 Å². The standard InChI is InChI=1S/C14H11F3N2OS/c15-14(16,17)20-12-7-5-11(6-8-12)19-10-3-1-9(2-4-10)13(18)21/h1-8,19H,(H2,18,21). The van der Waals surface area contributed by atoms with E-state index in [1.165, 1.54) is 24.3 Å². The van der Waals surface area contributed by atoms with Gasteiger partial charge in [-0.2, -0.15) is 0 Å². The second-order valence-corrected chi connectivity index (χ2v) is 4.58. The van der Waals surface area contributed by atoms with E-state index in [2.05, 4.69) is 10.1 Å². The van der Waals surface area contributed by atoms with Crippen LogP contribution in [-0.4, -0.2) is 11.4 Å². The number of ether oxygens (including phenoxy) is 1. The van der Waals surface area contributed by atoms with Gasteiger partial charge in [0, 0.05) is 16.9 Å². The average Bonchev–Trinajstić information content (AvgIpc) is 2.40. The molecule has 0 spiro atoms. The molecule has 0 atom stereocenters. The molecule has 21 heavy (non-hydrogen) atoms. The summed E-state index contributed by atoms with van der Waals surface area (Å²) in [6.45, 7) is 0. The van der Waals surface area contributed by atoms with Gasteiger partial charge in [0.25, 0.3) is 0 Å². The van der Waals surface area contributed by atoms with Crippen LogP contribution in [0.3, 0.4) is 0 Å². The molecule has 0 aliphatic heterocycles. The summed E-state index contributed by atoms with van der Waals surface area (Å²) in [5.74, 6) is -0.267. The van der Waals surface area contributed by atoms with Gasteiger partial charge in [-0.25, -0.2) is 0 Å². The predicted molar refractivity (Wildman–Crippen MR) is 78.7 cm³/mol. The molecule has 3 N–H and O–H groups in total. The van der Waals surface area contributed by atoms with E-state index in [1.54, 1.807) is 24.3 Å². The zero-order valence-corrected chi connectivity index (χ0v) is 11.5. The highest BCUT2D eigenvalue weighted by atomic mass is 32.1. The van der Waals surface area contributed by atoms with Crippen LogP contribution < -0.4 is 15.8 Å². The molecule has 0 saturated carbocycles. The molecule has 2 aromatic rings. The number of rotatable bonds is 4. The molecule has 0 aliphatic rings.